The summed E-state index contributed by atoms with van der Waals surface area (Å²) in [5, 5.41) is 13.9. The molecule has 0 atom stereocenters. The number of aromatic nitrogens is 2. The first-order valence-corrected chi connectivity index (χ1v) is 10.7. The highest BCUT2D eigenvalue weighted by molar-refractivity contribution is 6.03. The molecular formula is C25H26N4O4. The molecule has 0 N–H and O–H groups in total. The van der Waals surface area contributed by atoms with E-state index in [0.717, 1.165) is 11.1 Å². The van der Waals surface area contributed by atoms with Gasteiger partial charge in [-0.3, -0.25) is 9.59 Å². The number of carbonyl (C=O) groups is 2. The minimum Gasteiger partial charge on any atom is -0.451 e. The van der Waals surface area contributed by atoms with E-state index in [1.807, 2.05) is 38.1 Å². The molecule has 0 aliphatic heterocycles. The van der Waals surface area contributed by atoms with Gasteiger partial charge in [0.1, 0.15) is 0 Å². The molecule has 1 amide bonds. The zero-order valence-corrected chi connectivity index (χ0v) is 19.2. The fourth-order valence-corrected chi connectivity index (χ4v) is 3.65. The van der Waals surface area contributed by atoms with Gasteiger partial charge >= 0.3 is 5.97 Å². The maximum atomic E-state index is 13.0. The van der Waals surface area contributed by atoms with Crippen LogP contribution in [0.1, 0.15) is 47.9 Å². The van der Waals surface area contributed by atoms with Gasteiger partial charge in [0.05, 0.1) is 23.9 Å². The average Bonchev–Trinajstić information content (AvgIpc) is 2.77. The van der Waals surface area contributed by atoms with Crippen LogP contribution in [0.3, 0.4) is 0 Å². The normalized spacial score (nSPS) is 10.8. The summed E-state index contributed by atoms with van der Waals surface area (Å²) < 4.78 is 6.56. The molecule has 0 spiro atoms. The highest BCUT2D eigenvalue weighted by Gasteiger charge is 2.22. The predicted octanol–water partition coefficient (Wildman–Crippen LogP) is 3.70. The van der Waals surface area contributed by atoms with Crippen LogP contribution >= 0.6 is 0 Å². The third-order valence-electron chi connectivity index (χ3n) is 5.10. The number of benzene rings is 2. The predicted molar refractivity (Wildman–Crippen MR) is 125 cm³/mol. The van der Waals surface area contributed by atoms with E-state index in [4.69, 9.17) is 10.00 Å². The van der Waals surface area contributed by atoms with Crippen LogP contribution in [0.2, 0.25) is 0 Å². The van der Waals surface area contributed by atoms with Crippen LogP contribution in [0.4, 0.5) is 5.69 Å². The van der Waals surface area contributed by atoms with Gasteiger partial charge in [0.15, 0.2) is 12.3 Å². The van der Waals surface area contributed by atoms with Crippen molar-refractivity contribution < 1.29 is 14.3 Å². The van der Waals surface area contributed by atoms with Gasteiger partial charge in [0, 0.05) is 17.6 Å². The molecule has 0 bridgehead atoms. The van der Waals surface area contributed by atoms with Crippen molar-refractivity contribution in [1.29, 1.82) is 5.26 Å². The number of esters is 1. The molecule has 0 saturated heterocycles. The molecule has 2 aromatic carbocycles. The summed E-state index contributed by atoms with van der Waals surface area (Å²) in [5.41, 5.74) is 2.26. The van der Waals surface area contributed by atoms with Crippen LogP contribution in [0, 0.1) is 25.2 Å². The van der Waals surface area contributed by atoms with Gasteiger partial charge in [-0.1, -0.05) is 24.3 Å². The van der Waals surface area contributed by atoms with Gasteiger partial charge in [0.2, 0.25) is 0 Å². The van der Waals surface area contributed by atoms with Crippen molar-refractivity contribution in [3.8, 4) is 6.07 Å². The number of carbonyl (C=O) groups excluding carboxylic acids is 2. The Morgan fingerprint density at radius 2 is 1.76 bits per heavy atom. The second-order valence-electron chi connectivity index (χ2n) is 8.11. The number of rotatable bonds is 7. The number of fused-ring (bicyclic) bond motifs is 1. The van der Waals surface area contributed by atoms with Crippen LogP contribution < -0.4 is 10.5 Å². The molecule has 0 fully saturated rings. The van der Waals surface area contributed by atoms with Crippen molar-refractivity contribution in [2.45, 2.75) is 40.2 Å². The van der Waals surface area contributed by atoms with E-state index in [1.54, 1.807) is 38.1 Å². The molecule has 0 saturated carbocycles. The number of hydrogen-bond donors (Lipinski definition) is 0. The summed E-state index contributed by atoms with van der Waals surface area (Å²) >= 11 is 0. The Kier molecular flexibility index (Phi) is 7.23. The minimum absolute atomic E-state index is 0.0262. The number of amides is 1. The lowest BCUT2D eigenvalue weighted by molar-refractivity contribution is -0.121. The summed E-state index contributed by atoms with van der Waals surface area (Å²) in [6.45, 7) is 7.08. The number of anilines is 1. The summed E-state index contributed by atoms with van der Waals surface area (Å²) in [7, 11) is 0. The Hall–Kier alpha value is -3.99. The monoisotopic (exact) mass is 446 g/mol. The van der Waals surface area contributed by atoms with Crippen LogP contribution in [-0.2, 0) is 9.53 Å². The molecular weight excluding hydrogens is 420 g/mol. The first-order chi connectivity index (χ1) is 15.7. The molecule has 8 nitrogen and oxygen atoms in total. The topological polar surface area (TPSA) is 105 Å². The fourth-order valence-electron chi connectivity index (χ4n) is 3.65. The van der Waals surface area contributed by atoms with Gasteiger partial charge in [-0.05, 0) is 57.0 Å². The van der Waals surface area contributed by atoms with Crippen LogP contribution in [0.15, 0.2) is 47.3 Å². The Bertz CT molecular complexity index is 1280. The Labute approximate surface area is 192 Å². The molecule has 1 heterocycles. The molecule has 0 radical (unpaired) electrons. The van der Waals surface area contributed by atoms with Crippen molar-refractivity contribution in [3.05, 3.63) is 69.6 Å². The Morgan fingerprint density at radius 1 is 1.12 bits per heavy atom. The lowest BCUT2D eigenvalue weighted by Gasteiger charge is -2.22. The summed E-state index contributed by atoms with van der Waals surface area (Å²) in [6.07, 6.45) is 0.137. The summed E-state index contributed by atoms with van der Waals surface area (Å²) in [4.78, 5) is 40.0. The van der Waals surface area contributed by atoms with Crippen molar-refractivity contribution in [1.82, 2.24) is 9.78 Å². The largest absolute Gasteiger partial charge is 0.451 e. The van der Waals surface area contributed by atoms with Crippen molar-refractivity contribution >= 4 is 28.3 Å². The highest BCUT2D eigenvalue weighted by Crippen LogP contribution is 2.20. The summed E-state index contributed by atoms with van der Waals surface area (Å²) in [5.74, 6) is -1.25. The molecule has 0 aliphatic carbocycles. The second kappa shape index (κ2) is 10.1. The number of ether oxygens (including phenoxy) is 1. The SMILES string of the molecule is Cc1cc(C)cc(N(CCC#N)C(=O)COC(=O)c2nn(C(C)C)c(=O)c3ccccc23)c1. The number of nitrogens with zero attached hydrogens (tertiary/aromatic N) is 4. The first-order valence-electron chi connectivity index (χ1n) is 10.7. The van der Waals surface area contributed by atoms with Gasteiger partial charge in [-0.25, -0.2) is 9.48 Å². The zero-order chi connectivity index (χ0) is 24.1. The smallest absolute Gasteiger partial charge is 0.359 e. The second-order valence-corrected chi connectivity index (χ2v) is 8.11. The van der Waals surface area contributed by atoms with Crippen molar-refractivity contribution in [3.63, 3.8) is 0 Å². The lowest BCUT2D eigenvalue weighted by atomic mass is 10.1. The standard InChI is InChI=1S/C25H26N4O4/c1-16(2)29-24(31)21-9-6-5-8-20(21)23(27-29)25(32)33-15-22(30)28(11-7-10-26)19-13-17(3)12-18(4)14-19/h5-6,8-9,12-14,16H,7,11,15H2,1-4H3. The van der Waals surface area contributed by atoms with Crippen LogP contribution in [-0.4, -0.2) is 34.8 Å². The molecule has 0 aliphatic rings. The Balaban J connectivity index is 1.88. The molecule has 1 aromatic heterocycles. The van der Waals surface area contributed by atoms with Gasteiger partial charge in [-0.15, -0.1) is 0 Å². The van der Waals surface area contributed by atoms with Gasteiger partial charge in [0.25, 0.3) is 11.5 Å². The molecule has 3 aromatic rings. The van der Waals surface area contributed by atoms with E-state index >= 15 is 0 Å². The summed E-state index contributed by atoms with van der Waals surface area (Å²) in [6, 6.07) is 14.1. The maximum absolute atomic E-state index is 13.0. The van der Waals surface area contributed by atoms with E-state index in [9.17, 15) is 14.4 Å². The van der Waals surface area contributed by atoms with Crippen molar-refractivity contribution in [2.24, 2.45) is 0 Å². The molecule has 33 heavy (non-hydrogen) atoms. The third kappa shape index (κ3) is 5.26. The zero-order valence-electron chi connectivity index (χ0n) is 19.2. The quantitative estimate of drug-likeness (QED) is 0.513. The van der Waals surface area contributed by atoms with Crippen LogP contribution in [0.5, 0.6) is 0 Å². The van der Waals surface area contributed by atoms with Gasteiger partial charge < -0.3 is 9.64 Å². The Morgan fingerprint density at radius 3 is 2.36 bits per heavy atom. The van der Waals surface area contributed by atoms with E-state index in [2.05, 4.69) is 5.10 Å². The molecule has 3 rings (SSSR count). The van der Waals surface area contributed by atoms with E-state index in [1.165, 1.54) is 9.58 Å². The van der Waals surface area contributed by atoms with Crippen LogP contribution in [0.25, 0.3) is 10.8 Å². The highest BCUT2D eigenvalue weighted by atomic mass is 16.5. The number of hydrogen-bond acceptors (Lipinski definition) is 6. The lowest BCUT2D eigenvalue weighted by Crippen LogP contribution is -2.36. The molecule has 0 unspecified atom stereocenters. The average molecular weight is 447 g/mol. The maximum Gasteiger partial charge on any atom is 0.359 e. The molecule has 170 valence electrons. The fraction of sp³-hybridized carbons (Fsp3) is 0.320. The van der Waals surface area contributed by atoms with E-state index in [0.29, 0.717) is 16.5 Å². The van der Waals surface area contributed by atoms with Gasteiger partial charge in [-0.2, -0.15) is 10.4 Å². The first kappa shape index (κ1) is 23.7. The number of aryl methyl sites for hydroxylation is 2. The number of nitriles is 1. The minimum atomic E-state index is -0.797. The van der Waals surface area contributed by atoms with E-state index in [-0.39, 0.29) is 30.3 Å². The van der Waals surface area contributed by atoms with Crippen molar-refractivity contribution in [2.75, 3.05) is 18.1 Å². The van der Waals surface area contributed by atoms with E-state index < -0.39 is 18.5 Å². The molecule has 8 heteroatoms. The third-order valence-corrected chi connectivity index (χ3v) is 5.10.